The second-order valence-electron chi connectivity index (χ2n) is 11.9. The number of methoxy groups -OCH3 is 1. The van der Waals surface area contributed by atoms with Gasteiger partial charge in [-0.1, -0.05) is 23.8 Å². The van der Waals surface area contributed by atoms with E-state index in [1.54, 1.807) is 38.3 Å². The van der Waals surface area contributed by atoms with Gasteiger partial charge in [0.05, 0.1) is 19.9 Å². The molecule has 1 fully saturated rings. The third kappa shape index (κ3) is 5.25. The van der Waals surface area contributed by atoms with Crippen LogP contribution in [-0.2, 0) is 27.7 Å². The third-order valence-corrected chi connectivity index (χ3v) is 10.4. The summed E-state index contributed by atoms with van der Waals surface area (Å²) >= 11 is 0. The average Bonchev–Trinajstić information content (AvgIpc) is 3.45. The number of nitrogens with zero attached hydrogens (tertiary/aromatic N) is 2. The van der Waals surface area contributed by atoms with Gasteiger partial charge in [0.1, 0.15) is 4.90 Å². The van der Waals surface area contributed by atoms with Crippen LogP contribution >= 0.6 is 0 Å². The predicted molar refractivity (Wildman–Crippen MR) is 164 cm³/mol. The Morgan fingerprint density at radius 1 is 1.07 bits per heavy atom. The van der Waals surface area contributed by atoms with Crippen molar-refractivity contribution in [2.45, 2.75) is 63.6 Å². The summed E-state index contributed by atoms with van der Waals surface area (Å²) in [6.07, 6.45) is 1.17. The molecule has 1 N–H and O–H groups in total. The fraction of sp³-hybridized carbons (Fsp3) is 0.455. The normalized spacial score (nSPS) is 21.3. The van der Waals surface area contributed by atoms with Crippen molar-refractivity contribution in [3.63, 3.8) is 0 Å². The fourth-order valence-electron chi connectivity index (χ4n) is 6.92. The molecule has 0 aromatic heterocycles. The third-order valence-electron chi connectivity index (χ3n) is 9.13. The number of fused-ring (bicyclic) bond motifs is 5. The summed E-state index contributed by atoms with van der Waals surface area (Å²) in [5.41, 5.74) is 4.96. The minimum Gasteiger partial charge on any atom is -0.504 e. The lowest BCUT2D eigenvalue weighted by Crippen LogP contribution is -2.62. The smallest absolute Gasteiger partial charge is 0.339 e. The van der Waals surface area contributed by atoms with E-state index in [0.29, 0.717) is 48.1 Å². The second-order valence-corrected chi connectivity index (χ2v) is 13.4. The molecule has 6 rings (SSSR count). The lowest BCUT2D eigenvalue weighted by molar-refractivity contribution is -0.0751. The van der Waals surface area contributed by atoms with Crippen molar-refractivity contribution in [2.24, 2.45) is 0 Å². The molecule has 0 spiro atoms. The number of benzene rings is 3. The first kappa shape index (κ1) is 30.5. The SMILES string of the molecule is CCOCN1C[C@@H]2Cc3cc(C)c(OC)c(O)c3[C@H]([C@@H]1Cc1cc3c(c(C)c1OS(=O)(=O)c1ccc(C)cc1)OCO3)N2C. The number of hydrogen-bond acceptors (Lipinski definition) is 10. The zero-order valence-corrected chi connectivity index (χ0v) is 26.9. The highest BCUT2D eigenvalue weighted by molar-refractivity contribution is 7.87. The first-order valence-corrected chi connectivity index (χ1v) is 16.3. The van der Waals surface area contributed by atoms with Gasteiger partial charge in [-0.05, 0) is 76.9 Å². The van der Waals surface area contributed by atoms with Crippen LogP contribution in [0.1, 0.15) is 46.3 Å². The molecule has 3 aliphatic heterocycles. The molecule has 3 aliphatic rings. The van der Waals surface area contributed by atoms with E-state index in [1.807, 2.05) is 26.8 Å². The molecule has 0 radical (unpaired) electrons. The molecule has 44 heavy (non-hydrogen) atoms. The Kier molecular flexibility index (Phi) is 8.17. The molecule has 3 aromatic carbocycles. The highest BCUT2D eigenvalue weighted by atomic mass is 32.2. The molecule has 3 atom stereocenters. The monoisotopic (exact) mass is 624 g/mol. The molecule has 0 aliphatic carbocycles. The first-order valence-electron chi connectivity index (χ1n) is 14.9. The van der Waals surface area contributed by atoms with Gasteiger partial charge in [0, 0.05) is 41.9 Å². The maximum atomic E-state index is 13.6. The fourth-order valence-corrected chi connectivity index (χ4v) is 7.94. The number of ether oxygens (including phenoxy) is 4. The Labute approximate surface area is 259 Å². The minimum atomic E-state index is -4.16. The lowest BCUT2D eigenvalue weighted by Gasteiger charge is -2.54. The van der Waals surface area contributed by atoms with E-state index in [1.165, 1.54) is 0 Å². The molecular formula is C33H40N2O8S. The number of piperazine rings is 1. The van der Waals surface area contributed by atoms with E-state index in [2.05, 4.69) is 22.9 Å². The average molecular weight is 625 g/mol. The van der Waals surface area contributed by atoms with E-state index < -0.39 is 10.1 Å². The molecule has 0 unspecified atom stereocenters. The van der Waals surface area contributed by atoms with Gasteiger partial charge >= 0.3 is 10.1 Å². The van der Waals surface area contributed by atoms with Gasteiger partial charge in [0.15, 0.2) is 28.7 Å². The molecule has 0 amide bonds. The summed E-state index contributed by atoms with van der Waals surface area (Å²) in [7, 11) is -0.510. The summed E-state index contributed by atoms with van der Waals surface area (Å²) in [5, 5.41) is 11.6. The Balaban J connectivity index is 1.47. The van der Waals surface area contributed by atoms with E-state index in [0.717, 1.165) is 35.2 Å². The molecule has 1 saturated heterocycles. The van der Waals surface area contributed by atoms with Gasteiger partial charge in [0.25, 0.3) is 0 Å². The number of phenols is 1. The summed E-state index contributed by atoms with van der Waals surface area (Å²) in [5.74, 6) is 1.83. The van der Waals surface area contributed by atoms with Crippen LogP contribution in [-0.4, -0.2) is 76.2 Å². The molecule has 3 heterocycles. The van der Waals surface area contributed by atoms with Gasteiger partial charge in [-0.2, -0.15) is 8.42 Å². The number of hydrogen-bond donors (Lipinski definition) is 1. The maximum Gasteiger partial charge on any atom is 0.339 e. The van der Waals surface area contributed by atoms with Gasteiger partial charge < -0.3 is 28.2 Å². The first-order chi connectivity index (χ1) is 21.0. The molecule has 0 saturated carbocycles. The number of aryl methyl sites for hydroxylation is 2. The van der Waals surface area contributed by atoms with Crippen LogP contribution in [0.5, 0.6) is 28.7 Å². The molecule has 10 nitrogen and oxygen atoms in total. The van der Waals surface area contributed by atoms with Crippen LogP contribution in [0.4, 0.5) is 0 Å². The van der Waals surface area contributed by atoms with Crippen LogP contribution in [0.25, 0.3) is 0 Å². The Bertz CT molecular complexity index is 1670. The summed E-state index contributed by atoms with van der Waals surface area (Å²) in [6.45, 7) is 9.31. The number of likely N-dealkylation sites (N-methyl/N-ethyl adjacent to an activating group) is 1. The van der Waals surface area contributed by atoms with Crippen LogP contribution in [0.2, 0.25) is 0 Å². The van der Waals surface area contributed by atoms with E-state index >= 15 is 0 Å². The standard InChI is InChI=1S/C33H40N2O8S/c1-7-40-17-35-16-24-13-22-12-20(3)31(39-6)30(36)28(22)29(34(24)5)26(35)14-23-15-27-33(42-18-41-27)21(4)32(23)43-44(37,38)25-10-8-19(2)9-11-25/h8-12,15,24,26,29,36H,7,13-14,16-18H2,1-6H3/t24-,26-,29-/m0/s1. The van der Waals surface area contributed by atoms with Gasteiger partial charge in [0.2, 0.25) is 6.79 Å². The predicted octanol–water partition coefficient (Wildman–Crippen LogP) is 4.64. The van der Waals surface area contributed by atoms with Gasteiger partial charge in [-0.3, -0.25) is 9.80 Å². The second kappa shape index (κ2) is 11.8. The Morgan fingerprint density at radius 3 is 2.52 bits per heavy atom. The van der Waals surface area contributed by atoms with Crippen molar-refractivity contribution in [1.29, 1.82) is 0 Å². The van der Waals surface area contributed by atoms with Gasteiger partial charge in [-0.15, -0.1) is 0 Å². The van der Waals surface area contributed by atoms with Crippen LogP contribution in [0.3, 0.4) is 0 Å². The largest absolute Gasteiger partial charge is 0.504 e. The quantitative estimate of drug-likeness (QED) is 0.339. The van der Waals surface area contributed by atoms with Crippen LogP contribution in [0, 0.1) is 20.8 Å². The van der Waals surface area contributed by atoms with E-state index in [-0.39, 0.29) is 41.3 Å². The van der Waals surface area contributed by atoms with E-state index in [4.69, 9.17) is 23.1 Å². The highest BCUT2D eigenvalue weighted by Crippen LogP contribution is 2.50. The van der Waals surface area contributed by atoms with Crippen LogP contribution < -0.4 is 18.4 Å². The Morgan fingerprint density at radius 2 is 1.82 bits per heavy atom. The lowest BCUT2D eigenvalue weighted by atomic mass is 9.78. The number of aromatic hydroxyl groups is 1. The molecular weight excluding hydrogens is 584 g/mol. The highest BCUT2D eigenvalue weighted by Gasteiger charge is 2.47. The van der Waals surface area contributed by atoms with Crippen molar-refractivity contribution in [3.05, 3.63) is 69.8 Å². The zero-order chi connectivity index (χ0) is 31.3. The molecule has 2 bridgehead atoms. The maximum absolute atomic E-state index is 13.6. The molecule has 236 valence electrons. The van der Waals surface area contributed by atoms with Gasteiger partial charge in [-0.25, -0.2) is 0 Å². The van der Waals surface area contributed by atoms with Crippen molar-refractivity contribution >= 4 is 10.1 Å². The topological polar surface area (TPSA) is 107 Å². The number of phenolic OH excluding ortho intramolecular Hbond substituents is 1. The van der Waals surface area contributed by atoms with Crippen LogP contribution in [0.15, 0.2) is 41.3 Å². The summed E-state index contributed by atoms with van der Waals surface area (Å²) in [4.78, 5) is 4.66. The summed E-state index contributed by atoms with van der Waals surface area (Å²) in [6, 6.07) is 10.3. The minimum absolute atomic E-state index is 0.0388. The van der Waals surface area contributed by atoms with Crippen molar-refractivity contribution in [1.82, 2.24) is 9.80 Å². The van der Waals surface area contributed by atoms with E-state index in [9.17, 15) is 13.5 Å². The zero-order valence-electron chi connectivity index (χ0n) is 26.0. The molecule has 3 aromatic rings. The molecule has 11 heteroatoms. The summed E-state index contributed by atoms with van der Waals surface area (Å²) < 4.78 is 56.2. The number of rotatable bonds is 9. The van der Waals surface area contributed by atoms with Crippen molar-refractivity contribution in [3.8, 4) is 28.7 Å². The Hall–Kier alpha value is -3.51. The van der Waals surface area contributed by atoms with Crippen molar-refractivity contribution in [2.75, 3.05) is 40.8 Å². The van der Waals surface area contributed by atoms with Crippen molar-refractivity contribution < 1.29 is 36.7 Å².